The van der Waals surface area contributed by atoms with E-state index in [4.69, 9.17) is 15.1 Å². The standard InChI is InChI=1S/C12H15NO3/c14-8-12(9-15)7-11(13-16-12)6-10-4-2-1-3-5-10/h1-5,14-15H,6-9H2. The highest BCUT2D eigenvalue weighted by atomic mass is 16.7. The molecule has 2 rings (SSSR count). The van der Waals surface area contributed by atoms with Gasteiger partial charge in [-0.2, -0.15) is 0 Å². The average Bonchev–Trinajstić information content (AvgIpc) is 2.75. The second-order valence-electron chi connectivity index (χ2n) is 4.09. The molecule has 0 aromatic heterocycles. The smallest absolute Gasteiger partial charge is 0.188 e. The molecule has 1 aliphatic rings. The summed E-state index contributed by atoms with van der Waals surface area (Å²) in [5, 5.41) is 22.2. The van der Waals surface area contributed by atoms with Gasteiger partial charge in [0.2, 0.25) is 0 Å². The molecule has 0 atom stereocenters. The molecule has 0 aliphatic carbocycles. The Labute approximate surface area is 94.2 Å². The fourth-order valence-corrected chi connectivity index (χ4v) is 1.74. The van der Waals surface area contributed by atoms with Gasteiger partial charge in [-0.05, 0) is 5.56 Å². The Kier molecular flexibility index (Phi) is 3.22. The van der Waals surface area contributed by atoms with E-state index in [0.717, 1.165) is 11.3 Å². The van der Waals surface area contributed by atoms with Crippen LogP contribution in [0.25, 0.3) is 0 Å². The van der Waals surface area contributed by atoms with Gasteiger partial charge in [-0.1, -0.05) is 35.5 Å². The van der Waals surface area contributed by atoms with Gasteiger partial charge in [0.25, 0.3) is 0 Å². The van der Waals surface area contributed by atoms with Crippen molar-refractivity contribution in [2.45, 2.75) is 18.4 Å². The lowest BCUT2D eigenvalue weighted by Crippen LogP contribution is -2.37. The molecule has 0 radical (unpaired) electrons. The fourth-order valence-electron chi connectivity index (χ4n) is 1.74. The van der Waals surface area contributed by atoms with Crippen molar-refractivity contribution in [3.8, 4) is 0 Å². The summed E-state index contributed by atoms with van der Waals surface area (Å²) in [7, 11) is 0. The van der Waals surface area contributed by atoms with E-state index in [2.05, 4.69) is 5.16 Å². The number of hydrogen-bond acceptors (Lipinski definition) is 4. The zero-order chi connectivity index (χ0) is 11.4. The van der Waals surface area contributed by atoms with Crippen LogP contribution in [0, 0.1) is 0 Å². The van der Waals surface area contributed by atoms with Crippen LogP contribution in [0.2, 0.25) is 0 Å². The van der Waals surface area contributed by atoms with E-state index >= 15 is 0 Å². The molecular formula is C12H15NO3. The van der Waals surface area contributed by atoms with Gasteiger partial charge in [0.15, 0.2) is 5.60 Å². The van der Waals surface area contributed by atoms with Crippen LogP contribution in [0.5, 0.6) is 0 Å². The Balaban J connectivity index is 1.99. The SMILES string of the molecule is OCC1(CO)CC(Cc2ccccc2)=NO1. The molecule has 1 heterocycles. The lowest BCUT2D eigenvalue weighted by atomic mass is 9.96. The van der Waals surface area contributed by atoms with E-state index in [1.54, 1.807) is 0 Å². The van der Waals surface area contributed by atoms with Crippen LogP contribution in [-0.4, -0.2) is 34.7 Å². The zero-order valence-electron chi connectivity index (χ0n) is 8.97. The molecule has 0 fully saturated rings. The lowest BCUT2D eigenvalue weighted by Gasteiger charge is -2.20. The van der Waals surface area contributed by atoms with E-state index in [0.29, 0.717) is 12.8 Å². The van der Waals surface area contributed by atoms with Crippen molar-refractivity contribution in [3.63, 3.8) is 0 Å². The predicted octanol–water partition coefficient (Wildman–Crippen LogP) is 0.729. The maximum atomic E-state index is 9.14. The first kappa shape index (κ1) is 11.1. The first-order chi connectivity index (χ1) is 7.78. The molecule has 4 heteroatoms. The summed E-state index contributed by atoms with van der Waals surface area (Å²) in [5.41, 5.74) is 1.09. The molecule has 0 bridgehead atoms. The van der Waals surface area contributed by atoms with Gasteiger partial charge >= 0.3 is 0 Å². The quantitative estimate of drug-likeness (QED) is 0.787. The topological polar surface area (TPSA) is 62.0 Å². The molecule has 86 valence electrons. The third kappa shape index (κ3) is 2.23. The normalized spacial score (nSPS) is 18.0. The Morgan fingerprint density at radius 2 is 1.88 bits per heavy atom. The maximum Gasteiger partial charge on any atom is 0.188 e. The molecule has 1 aliphatic heterocycles. The largest absolute Gasteiger partial charge is 0.392 e. The molecule has 2 N–H and O–H groups in total. The third-order valence-electron chi connectivity index (χ3n) is 2.72. The minimum Gasteiger partial charge on any atom is -0.392 e. The van der Waals surface area contributed by atoms with Crippen LogP contribution in [0.3, 0.4) is 0 Å². The van der Waals surface area contributed by atoms with Crippen molar-refractivity contribution in [3.05, 3.63) is 35.9 Å². The monoisotopic (exact) mass is 221 g/mol. The maximum absolute atomic E-state index is 9.14. The van der Waals surface area contributed by atoms with Gasteiger partial charge in [0, 0.05) is 12.8 Å². The number of oxime groups is 1. The zero-order valence-corrected chi connectivity index (χ0v) is 8.97. The Morgan fingerprint density at radius 3 is 2.44 bits per heavy atom. The predicted molar refractivity (Wildman–Crippen MR) is 60.2 cm³/mol. The summed E-state index contributed by atoms with van der Waals surface area (Å²) < 4.78 is 0. The summed E-state index contributed by atoms with van der Waals surface area (Å²) in [6.45, 7) is -0.434. The van der Waals surface area contributed by atoms with Gasteiger partial charge in [0.05, 0.1) is 18.9 Å². The van der Waals surface area contributed by atoms with Crippen molar-refractivity contribution >= 4 is 5.71 Å². The highest BCUT2D eigenvalue weighted by molar-refractivity contribution is 5.88. The van der Waals surface area contributed by atoms with Gasteiger partial charge in [0.1, 0.15) is 0 Å². The van der Waals surface area contributed by atoms with Gasteiger partial charge in [-0.3, -0.25) is 0 Å². The first-order valence-corrected chi connectivity index (χ1v) is 5.27. The highest BCUT2D eigenvalue weighted by Gasteiger charge is 2.37. The molecular weight excluding hydrogens is 206 g/mol. The van der Waals surface area contributed by atoms with Crippen molar-refractivity contribution in [1.82, 2.24) is 0 Å². The molecule has 0 spiro atoms. The molecule has 0 saturated heterocycles. The van der Waals surface area contributed by atoms with Crippen LogP contribution in [0.4, 0.5) is 0 Å². The highest BCUT2D eigenvalue weighted by Crippen LogP contribution is 2.24. The van der Waals surface area contributed by atoms with E-state index in [9.17, 15) is 0 Å². The van der Waals surface area contributed by atoms with E-state index in [1.807, 2.05) is 30.3 Å². The molecule has 0 unspecified atom stereocenters. The lowest BCUT2D eigenvalue weighted by molar-refractivity contribution is -0.0878. The molecule has 1 aromatic carbocycles. The molecule has 16 heavy (non-hydrogen) atoms. The molecule has 4 nitrogen and oxygen atoms in total. The number of aliphatic hydroxyl groups excluding tert-OH is 2. The summed E-state index contributed by atoms with van der Waals surface area (Å²) in [4.78, 5) is 5.11. The van der Waals surface area contributed by atoms with Gasteiger partial charge in [-0.25, -0.2) is 0 Å². The van der Waals surface area contributed by atoms with Gasteiger partial charge < -0.3 is 15.1 Å². The van der Waals surface area contributed by atoms with Crippen LogP contribution in [0.1, 0.15) is 12.0 Å². The van der Waals surface area contributed by atoms with Crippen molar-refractivity contribution in [2.75, 3.05) is 13.2 Å². The van der Waals surface area contributed by atoms with Crippen LogP contribution < -0.4 is 0 Å². The summed E-state index contributed by atoms with van der Waals surface area (Å²) in [6, 6.07) is 9.93. The van der Waals surface area contributed by atoms with Crippen LogP contribution in [0.15, 0.2) is 35.5 Å². The number of nitrogens with zero attached hydrogens (tertiary/aromatic N) is 1. The van der Waals surface area contributed by atoms with Crippen molar-refractivity contribution < 1.29 is 15.1 Å². The second kappa shape index (κ2) is 4.63. The minimum atomic E-state index is -0.913. The van der Waals surface area contributed by atoms with E-state index < -0.39 is 5.60 Å². The summed E-state index contributed by atoms with van der Waals surface area (Å²) >= 11 is 0. The Bertz CT molecular complexity index is 371. The molecule has 0 saturated carbocycles. The van der Waals surface area contributed by atoms with Crippen molar-refractivity contribution in [2.24, 2.45) is 5.16 Å². The summed E-state index contributed by atoms with van der Waals surface area (Å²) in [6.07, 6.45) is 1.18. The Morgan fingerprint density at radius 1 is 1.19 bits per heavy atom. The number of hydrogen-bond donors (Lipinski definition) is 2. The summed E-state index contributed by atoms with van der Waals surface area (Å²) in [5.74, 6) is 0. The number of benzene rings is 1. The fraction of sp³-hybridized carbons (Fsp3) is 0.417. The van der Waals surface area contributed by atoms with E-state index in [1.165, 1.54) is 0 Å². The second-order valence-corrected chi connectivity index (χ2v) is 4.09. The third-order valence-corrected chi connectivity index (χ3v) is 2.72. The number of rotatable bonds is 4. The van der Waals surface area contributed by atoms with Crippen LogP contribution >= 0.6 is 0 Å². The van der Waals surface area contributed by atoms with Crippen LogP contribution in [-0.2, 0) is 11.3 Å². The van der Waals surface area contributed by atoms with Crippen molar-refractivity contribution in [1.29, 1.82) is 0 Å². The molecule has 0 amide bonds. The minimum absolute atomic E-state index is 0.217. The Hall–Kier alpha value is -1.39. The first-order valence-electron chi connectivity index (χ1n) is 5.27. The number of aliphatic hydroxyl groups is 2. The van der Waals surface area contributed by atoms with Gasteiger partial charge in [-0.15, -0.1) is 0 Å². The average molecular weight is 221 g/mol. The molecule has 1 aromatic rings. The van der Waals surface area contributed by atoms with E-state index in [-0.39, 0.29) is 13.2 Å².